The predicted octanol–water partition coefficient (Wildman–Crippen LogP) is 8.15. The third-order valence-corrected chi connectivity index (χ3v) is 14.2. The maximum absolute atomic E-state index is 11.6. The molecule has 0 fully saturated rings. The van der Waals surface area contributed by atoms with Gasteiger partial charge in [-0.3, -0.25) is 5.32 Å². The maximum atomic E-state index is 11.6. The molecule has 6 aromatic rings. The zero-order valence-electron chi connectivity index (χ0n) is 40.1. The topological polar surface area (TPSA) is 170 Å². The minimum absolute atomic E-state index is 0.000195. The summed E-state index contributed by atoms with van der Waals surface area (Å²) in [6.07, 6.45) is 5.91. The van der Waals surface area contributed by atoms with Crippen LogP contribution in [0.1, 0.15) is 90.1 Å². The number of methoxy groups -OCH3 is 1. The van der Waals surface area contributed by atoms with Crippen LogP contribution < -0.4 is 30.2 Å². The number of hydrogen-bond donors (Lipinski definition) is 8. The molecule has 12 nitrogen and oxygen atoms in total. The van der Waals surface area contributed by atoms with E-state index in [-0.39, 0.29) is 36.9 Å². The number of aromatic hydroxyl groups is 2. The quantitative estimate of drug-likeness (QED) is 0.0292. The molecule has 1 aromatic heterocycles. The van der Waals surface area contributed by atoms with Crippen molar-refractivity contribution in [2.24, 2.45) is 5.92 Å². The van der Waals surface area contributed by atoms with Crippen molar-refractivity contribution < 1.29 is 39.4 Å². The van der Waals surface area contributed by atoms with E-state index in [0.717, 1.165) is 73.1 Å². The van der Waals surface area contributed by atoms with Crippen LogP contribution in [-0.4, -0.2) is 90.0 Å². The Bertz CT molecular complexity index is 2720. The van der Waals surface area contributed by atoms with Gasteiger partial charge in [-0.05, 0) is 158 Å². The summed E-state index contributed by atoms with van der Waals surface area (Å²) in [5, 5.41) is 55.9. The number of aliphatic hydroxyl groups excluding tert-OH is 1. The number of hydrogen-bond acceptors (Lipinski definition) is 11. The van der Waals surface area contributed by atoms with Gasteiger partial charge in [-0.1, -0.05) is 56.3 Å². The van der Waals surface area contributed by atoms with Gasteiger partial charge in [-0.15, -0.1) is 0 Å². The number of fused-ring (bicyclic) bond motifs is 9. The fourth-order valence-corrected chi connectivity index (χ4v) is 11.2. The van der Waals surface area contributed by atoms with Gasteiger partial charge in [0.1, 0.15) is 29.0 Å². The molecule has 5 aromatic carbocycles. The molecule has 0 amide bonds. The fraction of sp³-hybridized carbons (Fsp3) is 0.429. The molecule has 1 aliphatic carbocycles. The summed E-state index contributed by atoms with van der Waals surface area (Å²) in [5.74, 6) is 2.49. The van der Waals surface area contributed by atoms with Crippen LogP contribution in [0.2, 0.25) is 0 Å². The van der Waals surface area contributed by atoms with Crippen molar-refractivity contribution in [3.8, 4) is 39.9 Å². The van der Waals surface area contributed by atoms with E-state index in [1.54, 1.807) is 13.2 Å². The number of benzene rings is 5. The van der Waals surface area contributed by atoms with Gasteiger partial charge in [-0.25, -0.2) is 0 Å². The molecule has 68 heavy (non-hydrogen) atoms. The molecular weight excluding hydrogens is 857 g/mol. The largest absolute Gasteiger partial charge is 0.508 e. The van der Waals surface area contributed by atoms with Gasteiger partial charge < -0.3 is 55.0 Å². The SMILES string of the molecule is CNCOC1(CNCNCC(C)(O)CC(C)C)Cc2c3c(c4c(c2OC1c1cc(CCc2ccccc2)c(O)c(OC)c1)CCC(CO)O4)-c1ccc(O)cc1C(Cc1ccc2[nH]ccc2c1)C3. The zero-order valence-corrected chi connectivity index (χ0v) is 40.1. The first kappa shape index (κ1) is 47.5. The number of phenols is 2. The molecule has 5 unspecified atom stereocenters. The van der Waals surface area contributed by atoms with E-state index in [1.807, 2.05) is 62.6 Å². The van der Waals surface area contributed by atoms with Crippen LogP contribution in [-0.2, 0) is 43.3 Å². The zero-order chi connectivity index (χ0) is 47.6. The number of H-pyrrole nitrogens is 1. The van der Waals surface area contributed by atoms with E-state index in [2.05, 4.69) is 71.2 Å². The number of aromatic amines is 1. The van der Waals surface area contributed by atoms with Gasteiger partial charge in [0.05, 0.1) is 26.0 Å². The van der Waals surface area contributed by atoms with Crippen LogP contribution in [0.4, 0.5) is 0 Å². The Morgan fingerprint density at radius 1 is 0.912 bits per heavy atom. The van der Waals surface area contributed by atoms with E-state index < -0.39 is 17.3 Å². The summed E-state index contributed by atoms with van der Waals surface area (Å²) < 4.78 is 27.5. The van der Waals surface area contributed by atoms with Crippen LogP contribution in [0.3, 0.4) is 0 Å². The van der Waals surface area contributed by atoms with E-state index >= 15 is 0 Å². The van der Waals surface area contributed by atoms with Crippen molar-refractivity contribution in [1.29, 1.82) is 0 Å². The standard InChI is InChI=1S/C56H68N4O8/c1-34(2)27-55(3,64)30-58-32-59-31-56(66-33-57-4)28-47-46-24-39(22-36-12-18-48-37(21-36)19-20-60-48)45-26-41(62)14-16-43(45)50(46)53-44(17-15-42(29-61)67-53)52(47)68-54(56)40-23-38(51(63)49(25-40)65-5)13-11-35-9-7-6-8-10-35/h6-10,12,14,16,18-21,23,25-26,34,39,42,54,57-64H,11,13,15,17,22,24,27-33H2,1-5H3. The summed E-state index contributed by atoms with van der Waals surface area (Å²) in [6, 6.07) is 28.5. The first-order chi connectivity index (χ1) is 32.9. The lowest BCUT2D eigenvalue weighted by Crippen LogP contribution is -2.56. The average Bonchev–Trinajstić information content (AvgIpc) is 3.81. The van der Waals surface area contributed by atoms with Crippen molar-refractivity contribution >= 4 is 10.9 Å². The first-order valence-electron chi connectivity index (χ1n) is 24.3. The van der Waals surface area contributed by atoms with Gasteiger partial charge in [0.15, 0.2) is 17.6 Å². The molecule has 8 N–H and O–H groups in total. The number of nitrogens with one attached hydrogen (secondary N) is 4. The molecule has 3 aliphatic rings. The molecule has 12 heteroatoms. The number of aromatic nitrogens is 1. The summed E-state index contributed by atoms with van der Waals surface area (Å²) >= 11 is 0. The number of aliphatic hydroxyl groups is 2. The minimum Gasteiger partial charge on any atom is -0.508 e. The summed E-state index contributed by atoms with van der Waals surface area (Å²) in [5.41, 5.74) is 9.21. The monoisotopic (exact) mass is 925 g/mol. The molecule has 9 rings (SSSR count). The molecule has 0 saturated heterocycles. The predicted molar refractivity (Wildman–Crippen MR) is 266 cm³/mol. The van der Waals surface area contributed by atoms with E-state index in [0.29, 0.717) is 82.1 Å². The van der Waals surface area contributed by atoms with Gasteiger partial charge in [-0.2, -0.15) is 0 Å². The normalized spacial score (nSPS) is 20.4. The molecular formula is C56H68N4O8. The lowest BCUT2D eigenvalue weighted by Gasteiger charge is -2.47. The lowest BCUT2D eigenvalue weighted by molar-refractivity contribution is -0.129. The molecule has 2 aliphatic heterocycles. The molecule has 0 radical (unpaired) electrons. The molecule has 360 valence electrons. The molecule has 5 atom stereocenters. The Hall–Kier alpha value is -5.60. The van der Waals surface area contributed by atoms with Crippen molar-refractivity contribution in [2.75, 3.05) is 47.3 Å². The molecule has 3 heterocycles. The highest BCUT2D eigenvalue weighted by molar-refractivity contribution is 5.85. The third-order valence-electron chi connectivity index (χ3n) is 14.2. The fourth-order valence-electron chi connectivity index (χ4n) is 11.2. The highest BCUT2D eigenvalue weighted by atomic mass is 16.6. The second-order valence-corrected chi connectivity index (χ2v) is 19.9. The molecule has 0 bridgehead atoms. The van der Waals surface area contributed by atoms with Gasteiger partial charge in [0.2, 0.25) is 0 Å². The van der Waals surface area contributed by atoms with Crippen molar-refractivity contribution in [3.63, 3.8) is 0 Å². The second-order valence-electron chi connectivity index (χ2n) is 19.9. The lowest BCUT2D eigenvalue weighted by atomic mass is 9.70. The highest BCUT2D eigenvalue weighted by Gasteiger charge is 2.50. The van der Waals surface area contributed by atoms with Crippen LogP contribution in [0, 0.1) is 5.92 Å². The third kappa shape index (κ3) is 9.81. The van der Waals surface area contributed by atoms with Crippen molar-refractivity contribution in [2.45, 2.75) is 101 Å². The van der Waals surface area contributed by atoms with Crippen molar-refractivity contribution in [1.82, 2.24) is 20.9 Å². The number of ether oxygens (including phenoxy) is 4. The van der Waals surface area contributed by atoms with Crippen LogP contribution >= 0.6 is 0 Å². The van der Waals surface area contributed by atoms with Gasteiger partial charge in [0.25, 0.3) is 0 Å². The van der Waals surface area contributed by atoms with Crippen molar-refractivity contribution in [3.05, 3.63) is 136 Å². The minimum atomic E-state index is -1.02. The average molecular weight is 925 g/mol. The van der Waals surface area contributed by atoms with Crippen LogP contribution in [0.25, 0.3) is 22.0 Å². The Balaban J connectivity index is 1.19. The van der Waals surface area contributed by atoms with Crippen LogP contribution in [0.5, 0.6) is 28.7 Å². The summed E-state index contributed by atoms with van der Waals surface area (Å²) in [7, 11) is 3.44. The number of rotatable bonds is 19. The number of phenolic OH excluding ortho intramolecular Hbond substituents is 2. The molecule has 0 spiro atoms. The van der Waals surface area contributed by atoms with Crippen LogP contribution in [0.15, 0.2) is 91.1 Å². The first-order valence-corrected chi connectivity index (χ1v) is 24.3. The van der Waals surface area contributed by atoms with E-state index in [1.165, 1.54) is 5.56 Å². The Morgan fingerprint density at radius 3 is 2.53 bits per heavy atom. The number of aryl methyl sites for hydroxylation is 2. The van der Waals surface area contributed by atoms with E-state index in [9.17, 15) is 20.4 Å². The van der Waals surface area contributed by atoms with E-state index in [4.69, 9.17) is 18.9 Å². The van der Waals surface area contributed by atoms with Gasteiger partial charge in [0, 0.05) is 54.6 Å². The Kier molecular flexibility index (Phi) is 14.1. The smallest absolute Gasteiger partial charge is 0.161 e. The highest BCUT2D eigenvalue weighted by Crippen LogP contribution is 2.58. The maximum Gasteiger partial charge on any atom is 0.161 e. The Labute approximate surface area is 400 Å². The summed E-state index contributed by atoms with van der Waals surface area (Å²) in [4.78, 5) is 3.32. The summed E-state index contributed by atoms with van der Waals surface area (Å²) in [6.45, 7) is 7.38. The van der Waals surface area contributed by atoms with Gasteiger partial charge >= 0.3 is 0 Å². The Morgan fingerprint density at radius 2 is 1.75 bits per heavy atom. The second kappa shape index (κ2) is 20.2. The molecule has 0 saturated carbocycles.